The number of pyridine rings is 1. The molecular weight excluding hydrogens is 410 g/mol. The van der Waals surface area contributed by atoms with Gasteiger partial charge in [0.25, 0.3) is 10.0 Å². The molecule has 0 fully saturated rings. The molecule has 3 heterocycles. The Morgan fingerprint density at radius 1 is 1.24 bits per heavy atom. The van der Waals surface area contributed by atoms with Crippen LogP contribution in [0.1, 0.15) is 5.56 Å². The summed E-state index contributed by atoms with van der Waals surface area (Å²) in [5.41, 5.74) is 3.36. The summed E-state index contributed by atoms with van der Waals surface area (Å²) >= 11 is 3.37. The van der Waals surface area contributed by atoms with Crippen molar-refractivity contribution >= 4 is 48.2 Å². The molecule has 128 valence electrons. The van der Waals surface area contributed by atoms with Gasteiger partial charge in [-0.15, -0.1) is 0 Å². The summed E-state index contributed by atoms with van der Waals surface area (Å²) in [5.74, 6) is 0. The van der Waals surface area contributed by atoms with Crippen molar-refractivity contribution in [1.82, 2.24) is 24.2 Å². The predicted molar refractivity (Wildman–Crippen MR) is 94.6 cm³/mol. The number of sulfonamides is 1. The molecule has 0 aliphatic heterocycles. The van der Waals surface area contributed by atoms with E-state index in [-0.39, 0.29) is 5.22 Å². The van der Waals surface area contributed by atoms with Crippen molar-refractivity contribution in [3.05, 3.63) is 46.8 Å². The Morgan fingerprint density at radius 3 is 2.88 bits per heavy atom. The molecule has 0 aliphatic carbocycles. The summed E-state index contributed by atoms with van der Waals surface area (Å²) < 4.78 is 33.9. The number of imidazole rings is 1. The number of aromatic nitrogens is 4. The van der Waals surface area contributed by atoms with Gasteiger partial charge in [-0.1, -0.05) is 6.07 Å². The molecule has 0 atom stereocenters. The molecule has 0 radical (unpaired) electrons. The van der Waals surface area contributed by atoms with Crippen molar-refractivity contribution in [3.63, 3.8) is 0 Å². The number of benzene rings is 1. The maximum Gasteiger partial charge on any atom is 0.331 e. The lowest BCUT2D eigenvalue weighted by molar-refractivity contribution is 0.455. The van der Waals surface area contributed by atoms with Crippen LogP contribution in [0.15, 0.2) is 50.9 Å². The lowest BCUT2D eigenvalue weighted by atomic mass is 10.2. The van der Waals surface area contributed by atoms with Crippen molar-refractivity contribution in [3.8, 4) is 0 Å². The minimum absolute atomic E-state index is 0.346. The fourth-order valence-corrected chi connectivity index (χ4v) is 3.40. The molecule has 0 bridgehead atoms. The van der Waals surface area contributed by atoms with Gasteiger partial charge in [0.15, 0.2) is 11.2 Å². The number of nitrogens with zero attached hydrogens (tertiary/aromatic N) is 4. The van der Waals surface area contributed by atoms with Gasteiger partial charge in [0, 0.05) is 10.7 Å². The largest absolute Gasteiger partial charge is 0.427 e. The average molecular weight is 422 g/mol. The highest BCUT2D eigenvalue weighted by atomic mass is 79.9. The van der Waals surface area contributed by atoms with Crippen molar-refractivity contribution in [1.29, 1.82) is 0 Å². The molecule has 0 aliphatic rings. The highest BCUT2D eigenvalue weighted by molar-refractivity contribution is 9.10. The molecule has 1 aromatic carbocycles. The molecule has 0 saturated heterocycles. The first kappa shape index (κ1) is 16.2. The van der Waals surface area contributed by atoms with E-state index in [1.54, 1.807) is 24.7 Å². The van der Waals surface area contributed by atoms with Gasteiger partial charge in [0.05, 0.1) is 12.9 Å². The fraction of sp³-hybridized carbons (Fsp3) is 0.133. The van der Waals surface area contributed by atoms with Crippen LogP contribution >= 0.6 is 15.9 Å². The molecule has 4 aromatic rings. The molecule has 0 amide bonds. The second-order valence-corrected chi connectivity index (χ2v) is 8.04. The van der Waals surface area contributed by atoms with Gasteiger partial charge in [-0.25, -0.2) is 23.1 Å². The van der Waals surface area contributed by atoms with Crippen LogP contribution in [0.25, 0.3) is 22.3 Å². The topological polar surface area (TPSA) is 103 Å². The normalized spacial score (nSPS) is 12.2. The number of hydrogen-bond donors (Lipinski definition) is 1. The molecule has 0 unspecified atom stereocenters. The third-order valence-corrected chi connectivity index (χ3v) is 5.31. The molecule has 25 heavy (non-hydrogen) atoms. The predicted octanol–water partition coefficient (Wildman–Crippen LogP) is 2.29. The van der Waals surface area contributed by atoms with Crippen molar-refractivity contribution in [2.24, 2.45) is 0 Å². The van der Waals surface area contributed by atoms with E-state index in [2.05, 4.69) is 35.6 Å². The molecule has 1 N–H and O–H groups in total. The Kier molecular flexibility index (Phi) is 3.82. The summed E-state index contributed by atoms with van der Waals surface area (Å²) in [7, 11) is -2.40. The van der Waals surface area contributed by atoms with E-state index in [0.717, 1.165) is 21.2 Å². The van der Waals surface area contributed by atoms with Crippen LogP contribution in [-0.4, -0.2) is 35.0 Å². The Balaban J connectivity index is 1.71. The minimum Gasteiger partial charge on any atom is -0.427 e. The Hall–Kier alpha value is -2.30. The molecule has 8 nitrogen and oxygen atoms in total. The maximum atomic E-state index is 11.8. The maximum absolute atomic E-state index is 11.8. The summed E-state index contributed by atoms with van der Waals surface area (Å²) in [6.07, 6.45) is 3.43. The summed E-state index contributed by atoms with van der Waals surface area (Å²) in [5, 5.41) is -0.346. The standard InChI is InChI=1S/C15H12BrN5O3S/c1-17-25(22,23)15-20-11-3-2-9(4-13(11)24-15)7-21-8-19-12-5-10(16)6-18-14(12)21/h2-6,8,17H,7H2,1H3. The number of oxazole rings is 1. The van der Waals surface area contributed by atoms with Crippen LogP contribution in [0.2, 0.25) is 0 Å². The SMILES string of the molecule is CNS(=O)(=O)c1nc2ccc(Cn3cnc4cc(Br)cnc43)cc2o1. The second kappa shape index (κ2) is 5.90. The molecule has 4 rings (SSSR count). The van der Waals surface area contributed by atoms with Gasteiger partial charge in [0.2, 0.25) is 0 Å². The fourth-order valence-electron chi connectivity index (χ4n) is 2.49. The minimum atomic E-state index is -3.71. The van der Waals surface area contributed by atoms with Crippen molar-refractivity contribution in [2.45, 2.75) is 11.8 Å². The zero-order valence-electron chi connectivity index (χ0n) is 13.0. The number of rotatable bonds is 4. The molecule has 0 spiro atoms. The number of fused-ring (bicyclic) bond motifs is 2. The quantitative estimate of drug-likeness (QED) is 0.542. The van der Waals surface area contributed by atoms with E-state index < -0.39 is 10.0 Å². The third kappa shape index (κ3) is 2.92. The smallest absolute Gasteiger partial charge is 0.331 e. The van der Waals surface area contributed by atoms with E-state index in [1.807, 2.05) is 16.7 Å². The van der Waals surface area contributed by atoms with Crippen LogP contribution < -0.4 is 4.72 Å². The van der Waals surface area contributed by atoms with Crippen LogP contribution in [0.5, 0.6) is 0 Å². The summed E-state index contributed by atoms with van der Waals surface area (Å²) in [4.78, 5) is 12.7. The van der Waals surface area contributed by atoms with E-state index in [1.165, 1.54) is 7.05 Å². The van der Waals surface area contributed by atoms with Crippen LogP contribution in [0.3, 0.4) is 0 Å². The molecular formula is C15H12BrN5O3S. The van der Waals surface area contributed by atoms with Gasteiger partial charge in [-0.2, -0.15) is 4.98 Å². The van der Waals surface area contributed by atoms with E-state index in [9.17, 15) is 8.42 Å². The monoisotopic (exact) mass is 421 g/mol. The number of hydrogen-bond acceptors (Lipinski definition) is 6. The lowest BCUT2D eigenvalue weighted by Crippen LogP contribution is -2.18. The highest BCUT2D eigenvalue weighted by Gasteiger charge is 2.19. The van der Waals surface area contributed by atoms with Crippen LogP contribution in [0.4, 0.5) is 0 Å². The van der Waals surface area contributed by atoms with E-state index in [4.69, 9.17) is 4.42 Å². The van der Waals surface area contributed by atoms with E-state index >= 15 is 0 Å². The number of halogens is 1. The van der Waals surface area contributed by atoms with Crippen LogP contribution in [0, 0.1) is 0 Å². The van der Waals surface area contributed by atoms with Gasteiger partial charge < -0.3 is 8.98 Å². The summed E-state index contributed by atoms with van der Waals surface area (Å²) in [6.45, 7) is 0.524. The zero-order chi connectivity index (χ0) is 17.6. The molecule has 10 heteroatoms. The Morgan fingerprint density at radius 2 is 2.08 bits per heavy atom. The highest BCUT2D eigenvalue weighted by Crippen LogP contribution is 2.22. The van der Waals surface area contributed by atoms with Gasteiger partial charge >= 0.3 is 5.22 Å². The average Bonchev–Trinajstić information content (AvgIpc) is 3.19. The first-order valence-electron chi connectivity index (χ1n) is 7.26. The van der Waals surface area contributed by atoms with Crippen LogP contribution in [-0.2, 0) is 16.6 Å². The first-order chi connectivity index (χ1) is 12.0. The van der Waals surface area contributed by atoms with Crippen molar-refractivity contribution in [2.75, 3.05) is 7.05 Å². The Bertz CT molecular complexity index is 1200. The van der Waals surface area contributed by atoms with Gasteiger partial charge in [0.1, 0.15) is 11.0 Å². The first-order valence-corrected chi connectivity index (χ1v) is 9.53. The van der Waals surface area contributed by atoms with E-state index in [0.29, 0.717) is 17.6 Å². The third-order valence-electron chi connectivity index (χ3n) is 3.71. The Labute approximate surface area is 151 Å². The zero-order valence-corrected chi connectivity index (χ0v) is 15.4. The van der Waals surface area contributed by atoms with Crippen molar-refractivity contribution < 1.29 is 12.8 Å². The summed E-state index contributed by atoms with van der Waals surface area (Å²) in [6, 6.07) is 7.26. The molecule has 0 saturated carbocycles. The number of nitrogens with one attached hydrogen (secondary N) is 1. The second-order valence-electron chi connectivity index (χ2n) is 5.36. The lowest BCUT2D eigenvalue weighted by Gasteiger charge is -2.03. The van der Waals surface area contributed by atoms with Gasteiger partial charge in [-0.3, -0.25) is 0 Å². The molecule has 3 aromatic heterocycles. The van der Waals surface area contributed by atoms with Gasteiger partial charge in [-0.05, 0) is 46.7 Å².